The van der Waals surface area contributed by atoms with Crippen molar-refractivity contribution in [3.05, 3.63) is 91.1 Å². The summed E-state index contributed by atoms with van der Waals surface area (Å²) in [6.45, 7) is 9.17. The second kappa shape index (κ2) is 11.7. The molecule has 0 saturated carbocycles. The van der Waals surface area contributed by atoms with Crippen molar-refractivity contribution < 1.29 is 14.3 Å². The van der Waals surface area contributed by atoms with Gasteiger partial charge in [-0.05, 0) is 60.9 Å². The van der Waals surface area contributed by atoms with Crippen LogP contribution >= 0.6 is 0 Å². The molecular formula is C34H37N7O3. The first-order valence-electron chi connectivity index (χ1n) is 15.2. The van der Waals surface area contributed by atoms with E-state index in [-0.39, 0.29) is 18.4 Å². The molecule has 10 heteroatoms. The van der Waals surface area contributed by atoms with Gasteiger partial charge >= 0.3 is 0 Å². The number of ether oxygens (including phenoxy) is 1. The zero-order valence-corrected chi connectivity index (χ0v) is 24.7. The largest absolute Gasteiger partial charge is 0.378 e. The number of nitrogens with zero attached hydrogens (tertiary/aromatic N) is 5. The minimum atomic E-state index is -0.719. The molecule has 0 bridgehead atoms. The molecule has 3 aromatic carbocycles. The minimum Gasteiger partial charge on any atom is -0.378 e. The number of para-hydroxylation sites is 1. The third-order valence-corrected chi connectivity index (χ3v) is 9.17. The molecule has 10 nitrogen and oxygen atoms in total. The molecule has 1 spiro atoms. The van der Waals surface area contributed by atoms with Gasteiger partial charge in [-0.2, -0.15) is 5.10 Å². The number of benzene rings is 3. The molecule has 4 heterocycles. The summed E-state index contributed by atoms with van der Waals surface area (Å²) in [6.07, 6.45) is 3.08. The summed E-state index contributed by atoms with van der Waals surface area (Å²) in [4.78, 5) is 35.9. The zero-order valence-electron chi connectivity index (χ0n) is 24.7. The number of amides is 2. The van der Waals surface area contributed by atoms with Crippen LogP contribution < -0.4 is 15.1 Å². The van der Waals surface area contributed by atoms with Crippen LogP contribution in [0.4, 0.5) is 17.1 Å². The highest BCUT2D eigenvalue weighted by Gasteiger charge is 2.54. The van der Waals surface area contributed by atoms with E-state index in [1.54, 1.807) is 4.90 Å². The Morgan fingerprint density at radius 2 is 1.73 bits per heavy atom. The van der Waals surface area contributed by atoms with Crippen molar-refractivity contribution in [3.63, 3.8) is 0 Å². The number of likely N-dealkylation sites (tertiary alicyclic amines) is 1. The zero-order chi connectivity index (χ0) is 30.1. The van der Waals surface area contributed by atoms with E-state index >= 15 is 0 Å². The van der Waals surface area contributed by atoms with Crippen LogP contribution in [-0.2, 0) is 14.3 Å². The molecule has 0 radical (unpaired) electrons. The molecule has 3 aliphatic rings. The molecule has 7 rings (SSSR count). The van der Waals surface area contributed by atoms with E-state index in [1.807, 2.05) is 66.9 Å². The van der Waals surface area contributed by atoms with Crippen LogP contribution in [0.15, 0.2) is 85.6 Å². The van der Waals surface area contributed by atoms with Crippen LogP contribution in [0.2, 0.25) is 0 Å². The number of morpholine rings is 1. The lowest BCUT2D eigenvalue weighted by Gasteiger charge is -2.44. The molecule has 4 aromatic rings. The molecular weight excluding hydrogens is 554 g/mol. The molecule has 44 heavy (non-hydrogen) atoms. The molecule has 2 N–H and O–H groups in total. The highest BCUT2D eigenvalue weighted by molar-refractivity contribution is 5.99. The molecule has 0 atom stereocenters. The number of H-pyrrole nitrogens is 1. The Labute approximate surface area is 256 Å². The number of carbonyl (C=O) groups is 2. The van der Waals surface area contributed by atoms with Gasteiger partial charge in [0.15, 0.2) is 0 Å². The van der Waals surface area contributed by atoms with Crippen LogP contribution in [0.1, 0.15) is 18.4 Å². The maximum absolute atomic E-state index is 14.2. The smallest absolute Gasteiger partial charge is 0.250 e. The molecule has 3 fully saturated rings. The Bertz CT molecular complexity index is 1670. The predicted molar refractivity (Wildman–Crippen MR) is 172 cm³/mol. The van der Waals surface area contributed by atoms with Crippen LogP contribution in [-0.4, -0.2) is 90.0 Å². The van der Waals surface area contributed by atoms with Crippen LogP contribution in [0.25, 0.3) is 16.6 Å². The maximum Gasteiger partial charge on any atom is 0.250 e. The van der Waals surface area contributed by atoms with Crippen molar-refractivity contribution >= 4 is 45.5 Å². The highest BCUT2D eigenvalue weighted by atomic mass is 16.5. The lowest BCUT2D eigenvalue weighted by molar-refractivity contribution is -0.136. The number of anilines is 3. The first-order valence-corrected chi connectivity index (χ1v) is 15.2. The van der Waals surface area contributed by atoms with Gasteiger partial charge < -0.3 is 29.7 Å². The number of piperidine rings is 1. The average Bonchev–Trinajstić information content (AvgIpc) is 3.64. The van der Waals surface area contributed by atoms with Crippen LogP contribution in [0.3, 0.4) is 0 Å². The normalized spacial score (nSPS) is 18.3. The summed E-state index contributed by atoms with van der Waals surface area (Å²) in [5.74, 6) is -0.202. The summed E-state index contributed by atoms with van der Waals surface area (Å²) >= 11 is 0. The van der Waals surface area contributed by atoms with E-state index in [9.17, 15) is 9.59 Å². The van der Waals surface area contributed by atoms with E-state index < -0.39 is 5.54 Å². The van der Waals surface area contributed by atoms with E-state index in [0.717, 1.165) is 52.3 Å². The Morgan fingerprint density at radius 3 is 2.52 bits per heavy atom. The summed E-state index contributed by atoms with van der Waals surface area (Å²) in [5, 5.41) is 11.2. The quantitative estimate of drug-likeness (QED) is 0.333. The molecule has 1 aromatic heterocycles. The number of aromatic amines is 1. The van der Waals surface area contributed by atoms with Gasteiger partial charge in [0.1, 0.15) is 12.1 Å². The molecule has 226 valence electrons. The van der Waals surface area contributed by atoms with Gasteiger partial charge in [0.25, 0.3) is 5.91 Å². The summed E-state index contributed by atoms with van der Waals surface area (Å²) in [6, 6.07) is 24.1. The average molecular weight is 592 g/mol. The fraction of sp³-hybridized carbons (Fsp3) is 0.324. The monoisotopic (exact) mass is 591 g/mol. The predicted octanol–water partition coefficient (Wildman–Crippen LogP) is 4.15. The van der Waals surface area contributed by atoms with Gasteiger partial charge in [0.05, 0.1) is 31.6 Å². The van der Waals surface area contributed by atoms with Crippen molar-refractivity contribution in [2.45, 2.75) is 18.4 Å². The fourth-order valence-electron chi connectivity index (χ4n) is 6.75. The van der Waals surface area contributed by atoms with Gasteiger partial charge in [-0.25, -0.2) is 0 Å². The number of nitrogens with one attached hydrogen (secondary N) is 2. The number of rotatable bonds is 7. The van der Waals surface area contributed by atoms with Crippen molar-refractivity contribution in [2.24, 2.45) is 0 Å². The van der Waals surface area contributed by atoms with Gasteiger partial charge in [-0.1, -0.05) is 36.9 Å². The molecule has 2 amide bonds. The second-order valence-electron chi connectivity index (χ2n) is 11.7. The Kier molecular flexibility index (Phi) is 7.43. The SMILES string of the molecule is C=C(c1ccc2[nH]ncc2c1)N1CCC2(CC1)C(=O)N(CC(=O)Nc1cccc(N3CCOCC3)c1)CN2c1ccccc1. The number of aromatic nitrogens is 2. The number of hydrogen-bond acceptors (Lipinski definition) is 7. The molecule has 0 aliphatic carbocycles. The summed E-state index contributed by atoms with van der Waals surface area (Å²) in [5.41, 5.74) is 5.01. The lowest BCUT2D eigenvalue weighted by Crippen LogP contribution is -2.56. The van der Waals surface area contributed by atoms with Gasteiger partial charge in [0.2, 0.25) is 5.91 Å². The third kappa shape index (κ3) is 5.26. The maximum atomic E-state index is 14.2. The third-order valence-electron chi connectivity index (χ3n) is 9.17. The number of hydrogen-bond donors (Lipinski definition) is 2. The highest BCUT2D eigenvalue weighted by Crippen LogP contribution is 2.41. The first kappa shape index (κ1) is 28.0. The van der Waals surface area contributed by atoms with Crippen molar-refractivity contribution in [1.82, 2.24) is 20.0 Å². The summed E-state index contributed by atoms with van der Waals surface area (Å²) < 4.78 is 5.47. The van der Waals surface area contributed by atoms with E-state index in [2.05, 4.69) is 48.9 Å². The second-order valence-corrected chi connectivity index (χ2v) is 11.7. The molecule has 3 aliphatic heterocycles. The fourth-order valence-corrected chi connectivity index (χ4v) is 6.75. The Balaban J connectivity index is 1.06. The van der Waals surface area contributed by atoms with Crippen molar-refractivity contribution in [1.29, 1.82) is 0 Å². The van der Waals surface area contributed by atoms with Gasteiger partial charge in [-0.3, -0.25) is 14.7 Å². The van der Waals surface area contributed by atoms with Crippen LogP contribution in [0, 0.1) is 0 Å². The van der Waals surface area contributed by atoms with Gasteiger partial charge in [-0.15, -0.1) is 0 Å². The minimum absolute atomic E-state index is 0.00338. The van der Waals surface area contributed by atoms with Crippen LogP contribution in [0.5, 0.6) is 0 Å². The lowest BCUT2D eigenvalue weighted by atomic mass is 9.85. The Morgan fingerprint density at radius 1 is 0.955 bits per heavy atom. The first-order chi connectivity index (χ1) is 21.5. The molecule has 0 unspecified atom stereocenters. The van der Waals surface area contributed by atoms with Crippen molar-refractivity contribution in [3.8, 4) is 0 Å². The number of carbonyl (C=O) groups excluding carboxylic acids is 2. The topological polar surface area (TPSA) is 97.0 Å². The van der Waals surface area contributed by atoms with E-state index in [1.165, 1.54) is 0 Å². The standard InChI is InChI=1S/C34H37N7O3/c1-25(26-10-11-31-27(20-26)22-35-37-31)38-14-12-34(13-15-38)33(43)40(24-41(34)29-7-3-2-4-8-29)23-32(42)36-28-6-5-9-30(21-28)39-16-18-44-19-17-39/h2-11,20-22H,1,12-19,23-24H2,(H,35,37)(H,36,42). The van der Waals surface area contributed by atoms with Gasteiger partial charge in [0, 0.05) is 54.3 Å². The van der Waals surface area contributed by atoms with E-state index in [0.29, 0.717) is 45.8 Å². The number of fused-ring (bicyclic) bond motifs is 1. The summed E-state index contributed by atoms with van der Waals surface area (Å²) in [7, 11) is 0. The van der Waals surface area contributed by atoms with E-state index in [4.69, 9.17) is 4.74 Å². The van der Waals surface area contributed by atoms with Crippen molar-refractivity contribution in [2.75, 3.05) is 67.7 Å². The molecule has 3 saturated heterocycles. The Hall–Kier alpha value is -4.83.